The number of nitrogens with one attached hydrogen (secondary N) is 1. The molecule has 14 heteroatoms. The van der Waals surface area contributed by atoms with Crippen LogP contribution in [0.3, 0.4) is 0 Å². The number of pyridine rings is 2. The molecule has 2 aliphatic rings. The molecule has 4 heterocycles. The Bertz CT molecular complexity index is 1890. The largest absolute Gasteiger partial charge is 0.457 e. The lowest BCUT2D eigenvalue weighted by molar-refractivity contribution is -0.189. The van der Waals surface area contributed by atoms with Crippen LogP contribution in [0.15, 0.2) is 41.2 Å². The monoisotopic (exact) mass is 702 g/mol. The first-order valence-corrected chi connectivity index (χ1v) is 17.6. The van der Waals surface area contributed by atoms with Crippen LogP contribution in [0.25, 0.3) is 22.3 Å². The number of rotatable bonds is 18. The Hall–Kier alpha value is -4.95. The van der Waals surface area contributed by atoms with E-state index in [1.807, 2.05) is 30.3 Å². The van der Waals surface area contributed by atoms with Crippen molar-refractivity contribution in [3.63, 3.8) is 0 Å². The summed E-state index contributed by atoms with van der Waals surface area (Å²) in [5, 5.41) is 3.68. The Balaban J connectivity index is 1.15. The Kier molecular flexibility index (Phi) is 12.0. The van der Waals surface area contributed by atoms with Crippen LogP contribution in [-0.4, -0.2) is 58.2 Å². The summed E-state index contributed by atoms with van der Waals surface area (Å²) in [4.78, 5) is 81.9. The van der Waals surface area contributed by atoms with Crippen molar-refractivity contribution in [1.82, 2.24) is 14.9 Å². The number of carbonyl (C=O) groups is 5. The molecule has 14 nitrogen and oxygen atoms in total. The van der Waals surface area contributed by atoms with Crippen molar-refractivity contribution < 1.29 is 33.4 Å². The van der Waals surface area contributed by atoms with Gasteiger partial charge in [-0.25, -0.2) is 9.78 Å². The molecule has 7 N–H and O–H groups in total. The topological polar surface area (TPSA) is 229 Å². The van der Waals surface area contributed by atoms with Crippen LogP contribution >= 0.6 is 0 Å². The molecule has 2 aliphatic heterocycles. The Morgan fingerprint density at radius 3 is 2.57 bits per heavy atom. The molecule has 5 rings (SSSR count). The summed E-state index contributed by atoms with van der Waals surface area (Å²) in [5.41, 5.74) is 18.0. The summed E-state index contributed by atoms with van der Waals surface area (Å²) in [6, 6.07) is 10.7. The summed E-state index contributed by atoms with van der Waals surface area (Å²) >= 11 is 0. The summed E-state index contributed by atoms with van der Waals surface area (Å²) in [6.45, 7) is 2.53. The maximum atomic E-state index is 13.7. The number of ether oxygens (including phenoxy) is 2. The number of para-hydroxylation sites is 1. The van der Waals surface area contributed by atoms with Gasteiger partial charge >= 0.3 is 11.9 Å². The van der Waals surface area contributed by atoms with Gasteiger partial charge in [-0.1, -0.05) is 38.0 Å². The van der Waals surface area contributed by atoms with Crippen LogP contribution in [0.1, 0.15) is 87.8 Å². The average Bonchev–Trinajstić information content (AvgIpc) is 3.47. The number of fused-ring (bicyclic) bond motifs is 5. The Labute approximate surface area is 295 Å². The van der Waals surface area contributed by atoms with Crippen molar-refractivity contribution >= 4 is 40.4 Å². The standard InChI is InChI=1S/C37H46N6O8/c1-2-37(51-32(46)14-13-31(45)41-16-8-6-10-23(34(40)47)18-30(44)27(39)11-5-7-15-38)26-19-29-33-24(17-22-9-3-4-12-28(22)42-33)20-43(29)35(48)25(26)21-50-36(37)49/h3-4,9,12,17,19,23,27H,2,5-8,10-11,13-16,18,20-21,38-39H2,1H3,(H2,40,47)(H,41,45)/t23-,27+,37-/m1/s1. The predicted molar refractivity (Wildman–Crippen MR) is 188 cm³/mol. The first-order valence-electron chi connectivity index (χ1n) is 17.6. The van der Waals surface area contributed by atoms with Gasteiger partial charge < -0.3 is 36.6 Å². The molecule has 2 aromatic heterocycles. The second kappa shape index (κ2) is 16.4. The van der Waals surface area contributed by atoms with E-state index in [2.05, 4.69) is 5.32 Å². The molecular weight excluding hydrogens is 656 g/mol. The summed E-state index contributed by atoms with van der Waals surface area (Å²) in [5.74, 6) is -3.40. The number of nitrogens with zero attached hydrogens (tertiary/aromatic N) is 2. The third kappa shape index (κ3) is 8.18. The van der Waals surface area contributed by atoms with Gasteiger partial charge in [0.2, 0.25) is 17.4 Å². The third-order valence-electron chi connectivity index (χ3n) is 9.76. The molecular formula is C37H46N6O8. The maximum Gasteiger partial charge on any atom is 0.355 e. The van der Waals surface area contributed by atoms with Gasteiger partial charge in [-0.15, -0.1) is 0 Å². The SMILES string of the molecule is CC[C@]1(OC(=O)CCC(=O)NCCCC[C@H](CC(=O)[C@@H](N)CCCCN)C(N)=O)C(=O)OCc2c1cc1n(c2=O)Cc2cc3ccccc3nc2-1. The first kappa shape index (κ1) is 37.3. The number of amides is 2. The zero-order valence-corrected chi connectivity index (χ0v) is 28.9. The molecule has 0 spiro atoms. The molecule has 272 valence electrons. The number of Topliss-reactive ketones (excluding diaryl/α,β-unsaturated/α-hetero) is 1. The lowest BCUT2D eigenvalue weighted by atomic mass is 9.85. The Morgan fingerprint density at radius 1 is 1.06 bits per heavy atom. The van der Waals surface area contributed by atoms with Gasteiger partial charge in [-0.2, -0.15) is 0 Å². The predicted octanol–water partition coefficient (Wildman–Crippen LogP) is 2.21. The minimum atomic E-state index is -1.86. The maximum absolute atomic E-state index is 13.7. The molecule has 3 aromatic rings. The fourth-order valence-corrected chi connectivity index (χ4v) is 6.78. The number of primary amides is 1. The quantitative estimate of drug-likeness (QED) is 0.0868. The molecule has 0 aliphatic carbocycles. The third-order valence-corrected chi connectivity index (χ3v) is 9.76. The molecule has 0 bridgehead atoms. The number of esters is 2. The highest BCUT2D eigenvalue weighted by atomic mass is 16.6. The van der Waals surface area contributed by atoms with E-state index in [9.17, 15) is 28.8 Å². The number of hydrogen-bond acceptors (Lipinski definition) is 11. The lowest BCUT2D eigenvalue weighted by Gasteiger charge is -2.35. The minimum absolute atomic E-state index is 0.00971. The molecule has 1 aromatic carbocycles. The molecule has 0 unspecified atom stereocenters. The summed E-state index contributed by atoms with van der Waals surface area (Å²) < 4.78 is 12.8. The van der Waals surface area contributed by atoms with Crippen LogP contribution < -0.4 is 28.1 Å². The number of cyclic esters (lactones) is 1. The molecule has 2 amide bonds. The molecule has 0 fully saturated rings. The van der Waals surface area contributed by atoms with Crippen LogP contribution in [0.5, 0.6) is 0 Å². The molecule has 0 radical (unpaired) electrons. The van der Waals surface area contributed by atoms with E-state index in [1.54, 1.807) is 17.6 Å². The molecule has 51 heavy (non-hydrogen) atoms. The van der Waals surface area contributed by atoms with Crippen LogP contribution in [0.4, 0.5) is 0 Å². The first-order chi connectivity index (χ1) is 24.5. The summed E-state index contributed by atoms with van der Waals surface area (Å²) in [6.07, 6.45) is 2.91. The molecule has 0 saturated heterocycles. The van der Waals surface area contributed by atoms with E-state index >= 15 is 0 Å². The number of benzene rings is 1. The van der Waals surface area contributed by atoms with E-state index in [0.717, 1.165) is 29.3 Å². The van der Waals surface area contributed by atoms with Crippen molar-refractivity contribution in [2.24, 2.45) is 23.1 Å². The second-order valence-electron chi connectivity index (χ2n) is 13.2. The van der Waals surface area contributed by atoms with Crippen molar-refractivity contribution in [3.8, 4) is 11.4 Å². The minimum Gasteiger partial charge on any atom is -0.457 e. The Morgan fingerprint density at radius 2 is 1.82 bits per heavy atom. The average molecular weight is 703 g/mol. The van der Waals surface area contributed by atoms with E-state index in [4.69, 9.17) is 31.7 Å². The summed E-state index contributed by atoms with van der Waals surface area (Å²) in [7, 11) is 0. The fraction of sp³-hybridized carbons (Fsp3) is 0.486. The van der Waals surface area contributed by atoms with Crippen molar-refractivity contribution in [2.45, 2.75) is 95.9 Å². The van der Waals surface area contributed by atoms with E-state index in [0.29, 0.717) is 50.2 Å². The highest BCUT2D eigenvalue weighted by Crippen LogP contribution is 2.41. The zero-order valence-electron chi connectivity index (χ0n) is 28.9. The van der Waals surface area contributed by atoms with E-state index < -0.39 is 41.3 Å². The van der Waals surface area contributed by atoms with Gasteiger partial charge in [0.25, 0.3) is 5.56 Å². The second-order valence-corrected chi connectivity index (χ2v) is 13.2. The van der Waals surface area contributed by atoms with Gasteiger partial charge in [0.1, 0.15) is 12.4 Å². The number of ketones is 1. The fourth-order valence-electron chi connectivity index (χ4n) is 6.78. The lowest BCUT2D eigenvalue weighted by Crippen LogP contribution is -2.47. The van der Waals surface area contributed by atoms with Crippen molar-refractivity contribution in [3.05, 3.63) is 63.4 Å². The van der Waals surface area contributed by atoms with Crippen molar-refractivity contribution in [2.75, 3.05) is 13.1 Å². The number of unbranched alkanes of at least 4 members (excludes halogenated alkanes) is 2. The van der Waals surface area contributed by atoms with Crippen LogP contribution in [-0.2, 0) is 52.2 Å². The van der Waals surface area contributed by atoms with Crippen LogP contribution in [0.2, 0.25) is 0 Å². The molecule has 3 atom stereocenters. The van der Waals surface area contributed by atoms with E-state index in [1.165, 1.54) is 0 Å². The highest BCUT2D eigenvalue weighted by molar-refractivity contribution is 5.90. The van der Waals surface area contributed by atoms with Crippen LogP contribution in [0, 0.1) is 5.92 Å². The van der Waals surface area contributed by atoms with Gasteiger partial charge in [-0.05, 0) is 56.8 Å². The highest BCUT2D eigenvalue weighted by Gasteiger charge is 2.50. The van der Waals surface area contributed by atoms with Gasteiger partial charge in [-0.3, -0.25) is 24.0 Å². The molecule has 0 saturated carbocycles. The normalized spacial score (nSPS) is 17.1. The zero-order chi connectivity index (χ0) is 36.7. The number of hydrogen-bond donors (Lipinski definition) is 4. The van der Waals surface area contributed by atoms with E-state index in [-0.39, 0.29) is 61.3 Å². The van der Waals surface area contributed by atoms with Gasteiger partial charge in [0, 0.05) is 41.8 Å². The van der Waals surface area contributed by atoms with Crippen molar-refractivity contribution in [1.29, 1.82) is 0 Å². The number of aromatic nitrogens is 2. The van der Waals surface area contributed by atoms with Gasteiger partial charge in [0.05, 0.1) is 41.5 Å². The smallest absolute Gasteiger partial charge is 0.355 e. The number of nitrogens with two attached hydrogens (primary N) is 3. The van der Waals surface area contributed by atoms with Gasteiger partial charge in [0.15, 0.2) is 0 Å². The number of carbonyl (C=O) groups excluding carboxylic acids is 5.